The van der Waals surface area contributed by atoms with Gasteiger partial charge in [-0.05, 0) is 48.6 Å². The van der Waals surface area contributed by atoms with Crippen LogP contribution in [0.3, 0.4) is 0 Å². The van der Waals surface area contributed by atoms with Gasteiger partial charge in [0.25, 0.3) is 5.91 Å². The van der Waals surface area contributed by atoms with Gasteiger partial charge in [0, 0.05) is 11.3 Å². The molecule has 1 aliphatic heterocycles. The maximum atomic E-state index is 12.3. The minimum Gasteiger partial charge on any atom is -0.486 e. The Kier molecular flexibility index (Phi) is 5.08. The number of carbonyl (C=O) groups excluding carboxylic acids is 1. The second-order valence-corrected chi connectivity index (χ2v) is 6.12. The van der Waals surface area contributed by atoms with Gasteiger partial charge in [0.15, 0.2) is 16.6 Å². The van der Waals surface area contributed by atoms with Gasteiger partial charge in [0.1, 0.15) is 13.2 Å². The van der Waals surface area contributed by atoms with Crippen molar-refractivity contribution in [2.45, 2.75) is 0 Å². The van der Waals surface area contributed by atoms with Gasteiger partial charge in [-0.2, -0.15) is 0 Å². The molecule has 5 nitrogen and oxygen atoms in total. The van der Waals surface area contributed by atoms with E-state index in [2.05, 4.69) is 10.6 Å². The molecule has 1 amide bonds. The summed E-state index contributed by atoms with van der Waals surface area (Å²) < 4.78 is 10.9. The highest BCUT2D eigenvalue weighted by Gasteiger charge is 2.15. The van der Waals surface area contributed by atoms with E-state index < -0.39 is 0 Å². The molecule has 0 saturated heterocycles. The van der Waals surface area contributed by atoms with Crippen LogP contribution in [0.15, 0.2) is 36.4 Å². The SMILES string of the molecule is O=C(NC(=S)Nc1ccc(Cl)c(Cl)c1)c1ccc2c(c1)OCCO2. The van der Waals surface area contributed by atoms with Crippen LogP contribution in [0.4, 0.5) is 5.69 Å². The lowest BCUT2D eigenvalue weighted by molar-refractivity contribution is 0.0976. The van der Waals surface area contributed by atoms with Gasteiger partial charge >= 0.3 is 0 Å². The molecule has 0 atom stereocenters. The lowest BCUT2D eigenvalue weighted by atomic mass is 10.2. The molecule has 0 spiro atoms. The van der Waals surface area contributed by atoms with E-state index in [9.17, 15) is 4.79 Å². The largest absolute Gasteiger partial charge is 0.486 e. The number of carbonyl (C=O) groups is 1. The fraction of sp³-hybridized carbons (Fsp3) is 0.125. The zero-order valence-electron chi connectivity index (χ0n) is 12.3. The van der Waals surface area contributed by atoms with Crippen LogP contribution >= 0.6 is 35.4 Å². The monoisotopic (exact) mass is 382 g/mol. The lowest BCUT2D eigenvalue weighted by Gasteiger charge is -2.18. The summed E-state index contributed by atoms with van der Waals surface area (Å²) in [5.41, 5.74) is 1.04. The van der Waals surface area contributed by atoms with Gasteiger partial charge in [-0.3, -0.25) is 10.1 Å². The topological polar surface area (TPSA) is 59.6 Å². The highest BCUT2D eigenvalue weighted by atomic mass is 35.5. The predicted molar refractivity (Wildman–Crippen MR) is 97.6 cm³/mol. The van der Waals surface area contributed by atoms with Crippen LogP contribution < -0.4 is 20.1 Å². The standard InChI is InChI=1S/C16H12Cl2N2O3S/c17-11-3-2-10(8-12(11)18)19-16(24)20-15(21)9-1-4-13-14(7-9)23-6-5-22-13/h1-4,7-8H,5-6H2,(H2,19,20,21,24). The Balaban J connectivity index is 1.65. The number of hydrogen-bond donors (Lipinski definition) is 2. The smallest absolute Gasteiger partial charge is 0.257 e. The number of benzene rings is 2. The molecule has 2 N–H and O–H groups in total. The summed E-state index contributed by atoms with van der Waals surface area (Å²) in [6, 6.07) is 9.91. The van der Waals surface area contributed by atoms with E-state index in [1.807, 2.05) is 0 Å². The summed E-state index contributed by atoms with van der Waals surface area (Å²) >= 11 is 16.9. The molecule has 0 radical (unpaired) electrons. The zero-order valence-corrected chi connectivity index (χ0v) is 14.6. The molecular formula is C16H12Cl2N2O3S. The van der Waals surface area contributed by atoms with Gasteiger partial charge in [0.05, 0.1) is 10.0 Å². The van der Waals surface area contributed by atoms with Crippen LogP contribution in [-0.2, 0) is 0 Å². The van der Waals surface area contributed by atoms with Crippen LogP contribution in [0.2, 0.25) is 10.0 Å². The molecular weight excluding hydrogens is 371 g/mol. The number of ether oxygens (including phenoxy) is 2. The van der Waals surface area contributed by atoms with E-state index in [-0.39, 0.29) is 11.0 Å². The maximum Gasteiger partial charge on any atom is 0.257 e. The molecule has 2 aromatic carbocycles. The summed E-state index contributed by atoms with van der Waals surface area (Å²) in [4.78, 5) is 12.3. The molecule has 0 aliphatic carbocycles. The fourth-order valence-corrected chi connectivity index (χ4v) is 2.60. The van der Waals surface area contributed by atoms with Crippen molar-refractivity contribution in [2.75, 3.05) is 18.5 Å². The minimum absolute atomic E-state index is 0.147. The third-order valence-corrected chi connectivity index (χ3v) is 4.15. The van der Waals surface area contributed by atoms with E-state index in [0.717, 1.165) is 0 Å². The lowest BCUT2D eigenvalue weighted by Crippen LogP contribution is -2.34. The molecule has 1 heterocycles. The number of hydrogen-bond acceptors (Lipinski definition) is 4. The van der Waals surface area contributed by atoms with E-state index in [1.165, 1.54) is 0 Å². The zero-order chi connectivity index (χ0) is 17.1. The summed E-state index contributed by atoms with van der Waals surface area (Å²) in [6.45, 7) is 0.950. The van der Waals surface area contributed by atoms with Crippen LogP contribution in [0.25, 0.3) is 0 Å². The normalized spacial score (nSPS) is 12.4. The van der Waals surface area contributed by atoms with Crippen molar-refractivity contribution < 1.29 is 14.3 Å². The van der Waals surface area contributed by atoms with Crippen molar-refractivity contribution in [3.05, 3.63) is 52.0 Å². The highest BCUT2D eigenvalue weighted by molar-refractivity contribution is 7.80. The molecule has 2 aromatic rings. The third-order valence-electron chi connectivity index (χ3n) is 3.21. The molecule has 0 fully saturated rings. The molecule has 0 saturated carbocycles. The maximum absolute atomic E-state index is 12.3. The quantitative estimate of drug-likeness (QED) is 0.771. The van der Waals surface area contributed by atoms with Gasteiger partial charge in [-0.25, -0.2) is 0 Å². The van der Waals surface area contributed by atoms with E-state index >= 15 is 0 Å². The first kappa shape index (κ1) is 16.8. The molecule has 124 valence electrons. The van der Waals surface area contributed by atoms with Crippen molar-refractivity contribution in [1.82, 2.24) is 5.32 Å². The second kappa shape index (κ2) is 7.25. The Hall–Kier alpha value is -2.02. The first-order chi connectivity index (χ1) is 11.5. The first-order valence-corrected chi connectivity index (χ1v) is 8.16. The van der Waals surface area contributed by atoms with Gasteiger partial charge < -0.3 is 14.8 Å². The predicted octanol–water partition coefficient (Wildman–Crippen LogP) is 3.89. The van der Waals surface area contributed by atoms with Crippen molar-refractivity contribution in [3.63, 3.8) is 0 Å². The molecule has 0 unspecified atom stereocenters. The summed E-state index contributed by atoms with van der Waals surface area (Å²) in [5, 5.41) is 6.44. The Morgan fingerprint density at radius 2 is 1.75 bits per heavy atom. The Morgan fingerprint density at radius 1 is 1.00 bits per heavy atom. The van der Waals surface area contributed by atoms with Crippen LogP contribution in [0.5, 0.6) is 11.5 Å². The summed E-state index contributed by atoms with van der Waals surface area (Å²) in [7, 11) is 0. The molecule has 0 bridgehead atoms. The van der Waals surface area contributed by atoms with Crippen molar-refractivity contribution >= 4 is 52.1 Å². The minimum atomic E-state index is -0.357. The number of thiocarbonyl (C=S) groups is 1. The number of nitrogens with one attached hydrogen (secondary N) is 2. The Morgan fingerprint density at radius 3 is 2.50 bits per heavy atom. The van der Waals surface area contributed by atoms with Crippen LogP contribution in [-0.4, -0.2) is 24.2 Å². The van der Waals surface area contributed by atoms with Gasteiger partial charge in [-0.15, -0.1) is 0 Å². The van der Waals surface area contributed by atoms with Crippen molar-refractivity contribution in [3.8, 4) is 11.5 Å². The summed E-state index contributed by atoms with van der Waals surface area (Å²) in [5.74, 6) is 0.802. The van der Waals surface area contributed by atoms with Crippen molar-refractivity contribution in [2.24, 2.45) is 0 Å². The number of rotatable bonds is 2. The Labute approximate surface area is 153 Å². The number of fused-ring (bicyclic) bond motifs is 1. The van der Waals surface area contributed by atoms with E-state index in [4.69, 9.17) is 44.9 Å². The van der Waals surface area contributed by atoms with Crippen LogP contribution in [0.1, 0.15) is 10.4 Å². The molecule has 24 heavy (non-hydrogen) atoms. The van der Waals surface area contributed by atoms with Gasteiger partial charge in [-0.1, -0.05) is 23.2 Å². The molecule has 0 aromatic heterocycles. The van der Waals surface area contributed by atoms with E-state index in [0.29, 0.717) is 46.0 Å². The summed E-state index contributed by atoms with van der Waals surface area (Å²) in [6.07, 6.45) is 0. The molecule has 1 aliphatic rings. The average molecular weight is 383 g/mol. The number of halogens is 2. The average Bonchev–Trinajstić information content (AvgIpc) is 2.57. The first-order valence-electron chi connectivity index (χ1n) is 7.00. The Bertz CT molecular complexity index is 814. The van der Waals surface area contributed by atoms with Crippen LogP contribution in [0, 0.1) is 0 Å². The van der Waals surface area contributed by atoms with Crippen molar-refractivity contribution in [1.29, 1.82) is 0 Å². The molecule has 8 heteroatoms. The number of anilines is 1. The fourth-order valence-electron chi connectivity index (χ4n) is 2.10. The molecule has 3 rings (SSSR count). The van der Waals surface area contributed by atoms with Gasteiger partial charge in [0.2, 0.25) is 0 Å². The number of amides is 1. The van der Waals surface area contributed by atoms with E-state index in [1.54, 1.807) is 36.4 Å². The second-order valence-electron chi connectivity index (χ2n) is 4.90. The highest BCUT2D eigenvalue weighted by Crippen LogP contribution is 2.30. The third kappa shape index (κ3) is 3.90.